The molecular weight excluding hydrogens is 367 g/mol. The molecule has 0 aliphatic heterocycles. The standard InChI is InChI=1S/C20H16BrOP/c21-23(17-16-22,18-10-4-1-5-11-18,19-12-6-2-7-13-19)20-14-8-3-9-15-20/h1-15,17H. The normalized spacial score (nSPS) is 12.7. The Balaban J connectivity index is 2.49. The van der Waals surface area contributed by atoms with Gasteiger partial charge in [0.2, 0.25) is 0 Å². The van der Waals surface area contributed by atoms with Crippen LogP contribution in [0.2, 0.25) is 0 Å². The molecule has 0 radical (unpaired) electrons. The molecule has 0 bridgehead atoms. The molecule has 0 saturated carbocycles. The van der Waals surface area contributed by atoms with Crippen molar-refractivity contribution in [1.29, 1.82) is 0 Å². The van der Waals surface area contributed by atoms with E-state index in [1.54, 1.807) is 5.82 Å². The van der Waals surface area contributed by atoms with Crippen molar-refractivity contribution in [3.8, 4) is 0 Å². The Bertz CT molecular complexity index is 741. The second-order valence-corrected chi connectivity index (χ2v) is 13.7. The summed E-state index contributed by atoms with van der Waals surface area (Å²) in [5.74, 6) is 3.77. The molecule has 23 heavy (non-hydrogen) atoms. The Morgan fingerprint density at radius 3 is 1.22 bits per heavy atom. The van der Waals surface area contributed by atoms with E-state index in [2.05, 4.69) is 57.8 Å². The van der Waals surface area contributed by atoms with E-state index >= 15 is 0 Å². The van der Waals surface area contributed by atoms with E-state index in [9.17, 15) is 4.79 Å². The molecule has 0 aliphatic carbocycles. The summed E-state index contributed by atoms with van der Waals surface area (Å²) in [6.07, 6.45) is 0. The van der Waals surface area contributed by atoms with Crippen LogP contribution in [0.1, 0.15) is 0 Å². The van der Waals surface area contributed by atoms with E-state index in [-0.39, 0.29) is 0 Å². The summed E-state index contributed by atoms with van der Waals surface area (Å²) >= 11 is 4.09. The van der Waals surface area contributed by atoms with Crippen molar-refractivity contribution < 1.29 is 4.79 Å². The molecule has 0 unspecified atom stereocenters. The summed E-state index contributed by atoms with van der Waals surface area (Å²) in [6, 6.07) is 30.4. The third-order valence-electron chi connectivity index (χ3n) is 4.08. The van der Waals surface area contributed by atoms with Crippen molar-refractivity contribution in [1.82, 2.24) is 0 Å². The molecule has 1 nitrogen and oxygen atoms in total. The molecular formula is C20H16BrOP. The van der Waals surface area contributed by atoms with Gasteiger partial charge in [0.05, 0.1) is 0 Å². The summed E-state index contributed by atoms with van der Waals surface area (Å²) in [4.78, 5) is 11.6. The van der Waals surface area contributed by atoms with Gasteiger partial charge in [-0.2, -0.15) is 0 Å². The second-order valence-electron chi connectivity index (χ2n) is 5.33. The van der Waals surface area contributed by atoms with Gasteiger partial charge in [-0.15, -0.1) is 0 Å². The molecule has 0 spiro atoms. The quantitative estimate of drug-likeness (QED) is 0.488. The number of rotatable bonds is 4. The fraction of sp³-hybridized carbons (Fsp3) is 0. The first-order chi connectivity index (χ1) is 11.2. The van der Waals surface area contributed by atoms with Crippen LogP contribution >= 0.6 is 20.8 Å². The first-order valence-electron chi connectivity index (χ1n) is 7.32. The number of hydrogen-bond donors (Lipinski definition) is 0. The molecule has 0 aromatic heterocycles. The van der Waals surface area contributed by atoms with Gasteiger partial charge in [-0.25, -0.2) is 0 Å². The average molecular weight is 383 g/mol. The summed E-state index contributed by atoms with van der Waals surface area (Å²) in [5.41, 5.74) is 0. The molecule has 0 N–H and O–H groups in total. The molecule has 3 heteroatoms. The zero-order chi connectivity index (χ0) is 16.2. The molecule has 0 atom stereocenters. The molecule has 3 aromatic rings. The van der Waals surface area contributed by atoms with Gasteiger partial charge in [0, 0.05) is 0 Å². The van der Waals surface area contributed by atoms with Crippen molar-refractivity contribution in [2.24, 2.45) is 0 Å². The van der Waals surface area contributed by atoms with E-state index in [4.69, 9.17) is 0 Å². The number of carbonyl (C=O) groups excluding carboxylic acids is 1. The maximum atomic E-state index is 11.6. The summed E-state index contributed by atoms with van der Waals surface area (Å²) < 4.78 is 0. The van der Waals surface area contributed by atoms with Crippen LogP contribution in [0.3, 0.4) is 0 Å². The minimum atomic E-state index is -3.17. The molecule has 0 saturated heterocycles. The maximum absolute atomic E-state index is 11.6. The molecule has 0 amide bonds. The molecule has 114 valence electrons. The first kappa shape index (κ1) is 15.9. The van der Waals surface area contributed by atoms with E-state index in [1.807, 2.05) is 54.6 Å². The van der Waals surface area contributed by atoms with Gasteiger partial charge in [-0.3, -0.25) is 0 Å². The number of benzene rings is 3. The summed E-state index contributed by atoms with van der Waals surface area (Å²) in [6.45, 7) is 0. The number of halogens is 1. The third-order valence-corrected chi connectivity index (χ3v) is 12.9. The van der Waals surface area contributed by atoms with Crippen LogP contribution in [0.5, 0.6) is 0 Å². The molecule has 3 aromatic carbocycles. The Labute approximate surface area is 144 Å². The van der Waals surface area contributed by atoms with Crippen molar-refractivity contribution in [2.75, 3.05) is 0 Å². The van der Waals surface area contributed by atoms with Crippen LogP contribution in [0.25, 0.3) is 0 Å². The van der Waals surface area contributed by atoms with Crippen LogP contribution in [0.15, 0.2) is 96.8 Å². The molecule has 0 heterocycles. The third kappa shape index (κ3) is 2.50. The van der Waals surface area contributed by atoms with Crippen molar-refractivity contribution in [3.63, 3.8) is 0 Å². The predicted octanol–water partition coefficient (Wildman–Crippen LogP) is 4.17. The van der Waals surface area contributed by atoms with Crippen LogP contribution < -0.4 is 15.9 Å². The zero-order valence-electron chi connectivity index (χ0n) is 12.5. The Morgan fingerprint density at radius 2 is 0.957 bits per heavy atom. The van der Waals surface area contributed by atoms with Gasteiger partial charge in [0.15, 0.2) is 0 Å². The van der Waals surface area contributed by atoms with Gasteiger partial charge < -0.3 is 0 Å². The first-order valence-corrected chi connectivity index (χ1v) is 11.6. The van der Waals surface area contributed by atoms with E-state index in [0.29, 0.717) is 0 Å². The molecule has 0 aliphatic rings. The zero-order valence-corrected chi connectivity index (χ0v) is 15.0. The Hall–Kier alpha value is -1.98. The minimum absolute atomic E-state index is 1.08. The fourth-order valence-electron chi connectivity index (χ4n) is 2.93. The second kappa shape index (κ2) is 6.26. The summed E-state index contributed by atoms with van der Waals surface area (Å²) in [7, 11) is 0. The van der Waals surface area contributed by atoms with E-state index in [1.165, 1.54) is 0 Å². The van der Waals surface area contributed by atoms with Crippen molar-refractivity contribution >= 4 is 42.6 Å². The topological polar surface area (TPSA) is 17.1 Å². The van der Waals surface area contributed by atoms with E-state index in [0.717, 1.165) is 15.9 Å². The van der Waals surface area contributed by atoms with Crippen molar-refractivity contribution in [3.05, 3.63) is 96.8 Å². The molecule has 3 rings (SSSR count). The van der Waals surface area contributed by atoms with E-state index < -0.39 is 5.31 Å². The SMILES string of the molecule is O=C=CP(Br)(c1ccccc1)(c1ccccc1)c1ccccc1. The fourth-order valence-corrected chi connectivity index (χ4v) is 9.11. The number of hydrogen-bond acceptors (Lipinski definition) is 1. The predicted molar refractivity (Wildman–Crippen MR) is 104 cm³/mol. The van der Waals surface area contributed by atoms with Crippen LogP contribution in [-0.2, 0) is 4.79 Å². The van der Waals surface area contributed by atoms with Crippen molar-refractivity contribution in [2.45, 2.75) is 0 Å². The Morgan fingerprint density at radius 1 is 0.652 bits per heavy atom. The molecule has 0 fully saturated rings. The van der Waals surface area contributed by atoms with Gasteiger partial charge >= 0.3 is 144 Å². The van der Waals surface area contributed by atoms with Crippen LogP contribution in [-0.4, -0.2) is 5.94 Å². The van der Waals surface area contributed by atoms with Gasteiger partial charge in [-0.1, -0.05) is 0 Å². The Kier molecular flexibility index (Phi) is 4.33. The van der Waals surface area contributed by atoms with Gasteiger partial charge in [-0.05, 0) is 0 Å². The van der Waals surface area contributed by atoms with Gasteiger partial charge in [0.1, 0.15) is 0 Å². The van der Waals surface area contributed by atoms with Gasteiger partial charge in [0.25, 0.3) is 0 Å². The monoisotopic (exact) mass is 382 g/mol. The summed E-state index contributed by atoms with van der Waals surface area (Å²) in [5, 5.41) is 0.0823. The van der Waals surface area contributed by atoms with Crippen LogP contribution in [0.4, 0.5) is 0 Å². The average Bonchev–Trinajstić information content (AvgIpc) is 2.64. The van der Waals surface area contributed by atoms with Crippen LogP contribution in [0, 0.1) is 0 Å².